The van der Waals surface area contributed by atoms with Gasteiger partial charge in [0, 0.05) is 17.7 Å². The van der Waals surface area contributed by atoms with Crippen molar-refractivity contribution in [1.82, 2.24) is 10.2 Å². The third kappa shape index (κ3) is 3.40. The smallest absolute Gasteiger partial charge is 0.259 e. The summed E-state index contributed by atoms with van der Waals surface area (Å²) in [7, 11) is 0. The minimum absolute atomic E-state index is 0.178. The Labute approximate surface area is 142 Å². The zero-order valence-electron chi connectivity index (χ0n) is 14.7. The van der Waals surface area contributed by atoms with Gasteiger partial charge in [-0.2, -0.15) is 0 Å². The standard InChI is InChI=1S/C19H24N2O3/c1-11(2)14-8-6-7-13(5)17(14)19(24)21(12(3)4)15-9-10-16(22)20-18(15)23/h6-8,11,15H,3,9-10H2,1-2,4-5H3,(H,20,22,23). The molecular formula is C19H24N2O3. The summed E-state index contributed by atoms with van der Waals surface area (Å²) in [5, 5.41) is 2.31. The fourth-order valence-electron chi connectivity index (χ4n) is 3.09. The van der Waals surface area contributed by atoms with Gasteiger partial charge in [0.15, 0.2) is 0 Å². The van der Waals surface area contributed by atoms with Crippen LogP contribution >= 0.6 is 0 Å². The first-order chi connectivity index (χ1) is 11.2. The van der Waals surface area contributed by atoms with Crippen molar-refractivity contribution in [2.75, 3.05) is 0 Å². The molecule has 1 heterocycles. The molecule has 0 aliphatic carbocycles. The molecule has 1 atom stereocenters. The summed E-state index contributed by atoms with van der Waals surface area (Å²) in [5.41, 5.74) is 2.91. The first kappa shape index (κ1) is 17.9. The lowest BCUT2D eigenvalue weighted by molar-refractivity contribution is -0.136. The number of piperidine rings is 1. The fourth-order valence-corrected chi connectivity index (χ4v) is 3.09. The van der Waals surface area contributed by atoms with E-state index in [-0.39, 0.29) is 24.2 Å². The minimum Gasteiger partial charge on any atom is -0.300 e. The highest BCUT2D eigenvalue weighted by Crippen LogP contribution is 2.27. The van der Waals surface area contributed by atoms with Gasteiger partial charge in [0.25, 0.3) is 5.91 Å². The summed E-state index contributed by atoms with van der Waals surface area (Å²) in [6, 6.07) is 5.05. The molecule has 1 aromatic rings. The van der Waals surface area contributed by atoms with E-state index in [2.05, 4.69) is 11.9 Å². The van der Waals surface area contributed by atoms with E-state index in [9.17, 15) is 14.4 Å². The van der Waals surface area contributed by atoms with Gasteiger partial charge < -0.3 is 4.90 Å². The number of hydrogen-bond donors (Lipinski definition) is 1. The first-order valence-corrected chi connectivity index (χ1v) is 8.16. The number of amides is 3. The molecular weight excluding hydrogens is 304 g/mol. The molecule has 1 aromatic carbocycles. The SMILES string of the molecule is C=C(C)N(C(=O)c1c(C)cccc1C(C)C)C1CCC(=O)NC1=O. The van der Waals surface area contributed by atoms with Gasteiger partial charge in [-0.3, -0.25) is 19.7 Å². The van der Waals surface area contributed by atoms with Crippen LogP contribution in [0.1, 0.15) is 61.0 Å². The normalized spacial score (nSPS) is 17.6. The number of rotatable bonds is 4. The van der Waals surface area contributed by atoms with Crippen molar-refractivity contribution in [3.8, 4) is 0 Å². The Hall–Kier alpha value is -2.43. The molecule has 1 fully saturated rings. The van der Waals surface area contributed by atoms with E-state index in [1.807, 2.05) is 39.0 Å². The van der Waals surface area contributed by atoms with Crippen LogP contribution in [-0.2, 0) is 9.59 Å². The number of hydrogen-bond acceptors (Lipinski definition) is 3. The molecule has 1 aliphatic heterocycles. The van der Waals surface area contributed by atoms with Gasteiger partial charge in [0.05, 0.1) is 0 Å². The number of nitrogens with zero attached hydrogens (tertiary/aromatic N) is 1. The number of allylic oxidation sites excluding steroid dienone is 1. The second-order valence-corrected chi connectivity index (χ2v) is 6.57. The zero-order valence-corrected chi connectivity index (χ0v) is 14.7. The molecule has 5 nitrogen and oxygen atoms in total. The minimum atomic E-state index is -0.702. The Morgan fingerprint density at radius 3 is 2.54 bits per heavy atom. The zero-order chi connectivity index (χ0) is 18.0. The molecule has 2 rings (SSSR count). The van der Waals surface area contributed by atoms with E-state index < -0.39 is 11.9 Å². The highest BCUT2D eigenvalue weighted by molar-refractivity contribution is 6.05. The third-order valence-corrected chi connectivity index (χ3v) is 4.29. The summed E-state index contributed by atoms with van der Waals surface area (Å²) in [6.45, 7) is 11.5. The van der Waals surface area contributed by atoms with Gasteiger partial charge in [-0.15, -0.1) is 0 Å². The Balaban J connectivity index is 2.47. The van der Waals surface area contributed by atoms with Crippen LogP contribution in [0.2, 0.25) is 0 Å². The molecule has 3 amide bonds. The average molecular weight is 328 g/mol. The lowest BCUT2D eigenvalue weighted by Gasteiger charge is -2.34. The topological polar surface area (TPSA) is 66.5 Å². The van der Waals surface area contributed by atoms with Gasteiger partial charge in [0.1, 0.15) is 6.04 Å². The van der Waals surface area contributed by atoms with Crippen LogP contribution in [0.3, 0.4) is 0 Å². The van der Waals surface area contributed by atoms with Gasteiger partial charge in [-0.05, 0) is 37.3 Å². The maximum Gasteiger partial charge on any atom is 0.259 e. The van der Waals surface area contributed by atoms with Crippen molar-refractivity contribution in [3.05, 3.63) is 47.2 Å². The summed E-state index contributed by atoms with van der Waals surface area (Å²) in [5.74, 6) is -0.803. The van der Waals surface area contributed by atoms with Crippen LogP contribution in [0.4, 0.5) is 0 Å². The molecule has 5 heteroatoms. The monoisotopic (exact) mass is 328 g/mol. The maximum atomic E-state index is 13.3. The van der Waals surface area contributed by atoms with E-state index >= 15 is 0 Å². The second-order valence-electron chi connectivity index (χ2n) is 6.57. The van der Waals surface area contributed by atoms with Crippen molar-refractivity contribution < 1.29 is 14.4 Å². The first-order valence-electron chi connectivity index (χ1n) is 8.16. The van der Waals surface area contributed by atoms with Gasteiger partial charge >= 0.3 is 0 Å². The van der Waals surface area contributed by atoms with Crippen molar-refractivity contribution in [3.63, 3.8) is 0 Å². The third-order valence-electron chi connectivity index (χ3n) is 4.29. The van der Waals surface area contributed by atoms with Crippen molar-refractivity contribution in [2.24, 2.45) is 0 Å². The summed E-state index contributed by atoms with van der Waals surface area (Å²) in [4.78, 5) is 38.3. The van der Waals surface area contributed by atoms with E-state index in [1.54, 1.807) is 6.92 Å². The van der Waals surface area contributed by atoms with Crippen LogP contribution in [-0.4, -0.2) is 28.7 Å². The Kier molecular flexibility index (Phi) is 5.22. The fraction of sp³-hybridized carbons (Fsp3) is 0.421. The molecule has 1 aliphatic rings. The number of benzene rings is 1. The molecule has 0 bridgehead atoms. The molecule has 1 saturated heterocycles. The number of nitrogens with one attached hydrogen (secondary N) is 1. The predicted octanol–water partition coefficient (Wildman–Crippen LogP) is 2.90. The lowest BCUT2D eigenvalue weighted by Crippen LogP contribution is -2.53. The summed E-state index contributed by atoms with van der Waals surface area (Å²) >= 11 is 0. The van der Waals surface area contributed by atoms with Crippen LogP contribution in [0, 0.1) is 6.92 Å². The van der Waals surface area contributed by atoms with Crippen LogP contribution < -0.4 is 5.32 Å². The summed E-state index contributed by atoms with van der Waals surface area (Å²) in [6.07, 6.45) is 0.532. The molecule has 0 saturated carbocycles. The van der Waals surface area contributed by atoms with E-state index in [0.29, 0.717) is 17.7 Å². The number of carbonyl (C=O) groups is 3. The predicted molar refractivity (Wildman–Crippen MR) is 92.4 cm³/mol. The maximum absolute atomic E-state index is 13.3. The second kappa shape index (κ2) is 6.99. The van der Waals surface area contributed by atoms with Gasteiger partial charge in [-0.1, -0.05) is 38.6 Å². The van der Waals surface area contributed by atoms with E-state index in [1.165, 1.54) is 4.90 Å². The number of carbonyl (C=O) groups excluding carboxylic acids is 3. The number of imide groups is 1. The van der Waals surface area contributed by atoms with Crippen LogP contribution in [0.25, 0.3) is 0 Å². The van der Waals surface area contributed by atoms with E-state index in [4.69, 9.17) is 0 Å². The van der Waals surface area contributed by atoms with Crippen LogP contribution in [0.5, 0.6) is 0 Å². The molecule has 0 radical (unpaired) electrons. The molecule has 1 unspecified atom stereocenters. The molecule has 128 valence electrons. The molecule has 0 aromatic heterocycles. The Morgan fingerprint density at radius 1 is 1.33 bits per heavy atom. The molecule has 24 heavy (non-hydrogen) atoms. The van der Waals surface area contributed by atoms with Crippen molar-refractivity contribution in [2.45, 2.75) is 52.5 Å². The molecule has 1 N–H and O–H groups in total. The molecule has 0 spiro atoms. The highest BCUT2D eigenvalue weighted by Gasteiger charge is 2.36. The van der Waals surface area contributed by atoms with Gasteiger partial charge in [0.2, 0.25) is 11.8 Å². The highest BCUT2D eigenvalue weighted by atomic mass is 16.2. The van der Waals surface area contributed by atoms with E-state index in [0.717, 1.165) is 11.1 Å². The largest absolute Gasteiger partial charge is 0.300 e. The Bertz CT molecular complexity index is 707. The van der Waals surface area contributed by atoms with Gasteiger partial charge in [-0.25, -0.2) is 0 Å². The number of aryl methyl sites for hydroxylation is 1. The van der Waals surface area contributed by atoms with Crippen molar-refractivity contribution in [1.29, 1.82) is 0 Å². The van der Waals surface area contributed by atoms with Crippen LogP contribution in [0.15, 0.2) is 30.5 Å². The quantitative estimate of drug-likeness (QED) is 0.864. The lowest BCUT2D eigenvalue weighted by atomic mass is 9.92. The average Bonchev–Trinajstić information content (AvgIpc) is 2.48. The Morgan fingerprint density at radius 2 is 2.00 bits per heavy atom. The summed E-state index contributed by atoms with van der Waals surface area (Å²) < 4.78 is 0. The van der Waals surface area contributed by atoms with Crippen molar-refractivity contribution >= 4 is 17.7 Å².